The number of rotatable bonds is 5. The molecular formula is C15H26N2O. The average Bonchev–Trinajstić information content (AvgIpc) is 2.34. The van der Waals surface area contributed by atoms with E-state index in [-0.39, 0.29) is 5.54 Å². The number of likely N-dealkylation sites (N-methyl/N-ethyl adjacent to an activating group) is 2. The van der Waals surface area contributed by atoms with Crippen LogP contribution in [0.5, 0.6) is 5.75 Å². The highest BCUT2D eigenvalue weighted by Gasteiger charge is 2.17. The molecule has 0 bridgehead atoms. The Labute approximate surface area is 111 Å². The smallest absolute Gasteiger partial charge is 0.142 e. The van der Waals surface area contributed by atoms with Crippen LogP contribution in [0.1, 0.15) is 20.8 Å². The predicted molar refractivity (Wildman–Crippen MR) is 78.6 cm³/mol. The number of methoxy groups -OCH3 is 1. The van der Waals surface area contributed by atoms with Crippen molar-refractivity contribution in [1.29, 1.82) is 0 Å². The van der Waals surface area contributed by atoms with E-state index in [1.165, 1.54) is 0 Å². The van der Waals surface area contributed by atoms with Crippen molar-refractivity contribution in [3.05, 3.63) is 24.3 Å². The largest absolute Gasteiger partial charge is 0.495 e. The number of ether oxygens (including phenoxy) is 1. The third-order valence-electron chi connectivity index (χ3n) is 3.41. The lowest BCUT2D eigenvalue weighted by Crippen LogP contribution is -2.42. The first-order valence-electron chi connectivity index (χ1n) is 6.41. The van der Waals surface area contributed by atoms with Gasteiger partial charge in [-0.1, -0.05) is 12.1 Å². The lowest BCUT2D eigenvalue weighted by Gasteiger charge is -2.33. The summed E-state index contributed by atoms with van der Waals surface area (Å²) in [6.07, 6.45) is 0. The van der Waals surface area contributed by atoms with Crippen LogP contribution in [0.2, 0.25) is 0 Å². The van der Waals surface area contributed by atoms with E-state index in [9.17, 15) is 0 Å². The molecule has 0 fully saturated rings. The molecule has 0 spiro atoms. The quantitative estimate of drug-likeness (QED) is 0.799. The molecule has 0 aliphatic rings. The Morgan fingerprint density at radius 3 is 2.22 bits per heavy atom. The molecule has 0 unspecified atom stereocenters. The second-order valence-electron chi connectivity index (χ2n) is 5.69. The minimum absolute atomic E-state index is 0.210. The first kappa shape index (κ1) is 14.8. The van der Waals surface area contributed by atoms with Crippen LogP contribution in [0.3, 0.4) is 0 Å². The van der Waals surface area contributed by atoms with Crippen molar-refractivity contribution < 1.29 is 4.74 Å². The number of hydrogen-bond acceptors (Lipinski definition) is 3. The molecule has 1 aromatic rings. The van der Waals surface area contributed by atoms with Gasteiger partial charge in [0.2, 0.25) is 0 Å². The Morgan fingerprint density at radius 2 is 1.67 bits per heavy atom. The molecule has 3 heteroatoms. The van der Waals surface area contributed by atoms with E-state index in [4.69, 9.17) is 4.74 Å². The second kappa shape index (κ2) is 6.10. The molecule has 0 aliphatic heterocycles. The van der Waals surface area contributed by atoms with Gasteiger partial charge >= 0.3 is 0 Å². The van der Waals surface area contributed by atoms with Crippen molar-refractivity contribution in [2.45, 2.75) is 26.3 Å². The predicted octanol–water partition coefficient (Wildman–Crippen LogP) is 2.86. The van der Waals surface area contributed by atoms with Crippen LogP contribution >= 0.6 is 0 Å². The van der Waals surface area contributed by atoms with Crippen molar-refractivity contribution in [3.63, 3.8) is 0 Å². The maximum absolute atomic E-state index is 5.39. The van der Waals surface area contributed by atoms with Crippen LogP contribution < -0.4 is 9.64 Å². The first-order chi connectivity index (χ1) is 8.36. The maximum atomic E-state index is 5.39. The fraction of sp³-hybridized carbons (Fsp3) is 0.600. The molecule has 18 heavy (non-hydrogen) atoms. The molecule has 0 saturated heterocycles. The van der Waals surface area contributed by atoms with Crippen LogP contribution in [0.25, 0.3) is 0 Å². The Balaban J connectivity index is 2.63. The molecular weight excluding hydrogens is 224 g/mol. The van der Waals surface area contributed by atoms with E-state index < -0.39 is 0 Å². The Bertz CT molecular complexity index is 371. The fourth-order valence-electron chi connectivity index (χ4n) is 1.70. The molecule has 0 aliphatic carbocycles. The summed E-state index contributed by atoms with van der Waals surface area (Å²) in [6, 6.07) is 8.13. The molecule has 0 aromatic heterocycles. The number of anilines is 1. The van der Waals surface area contributed by atoms with Gasteiger partial charge in [-0.3, -0.25) is 4.90 Å². The van der Waals surface area contributed by atoms with Gasteiger partial charge in [-0.05, 0) is 40.0 Å². The van der Waals surface area contributed by atoms with Gasteiger partial charge in [0, 0.05) is 25.7 Å². The van der Waals surface area contributed by atoms with Gasteiger partial charge in [0.25, 0.3) is 0 Å². The van der Waals surface area contributed by atoms with E-state index in [0.717, 1.165) is 24.5 Å². The average molecular weight is 250 g/mol. The van der Waals surface area contributed by atoms with Crippen molar-refractivity contribution in [3.8, 4) is 5.75 Å². The summed E-state index contributed by atoms with van der Waals surface area (Å²) >= 11 is 0. The van der Waals surface area contributed by atoms with E-state index in [1.54, 1.807) is 7.11 Å². The summed E-state index contributed by atoms with van der Waals surface area (Å²) in [5, 5.41) is 0. The van der Waals surface area contributed by atoms with Gasteiger partial charge in [0.15, 0.2) is 0 Å². The number of hydrogen-bond donors (Lipinski definition) is 0. The molecule has 102 valence electrons. The summed E-state index contributed by atoms with van der Waals surface area (Å²) < 4.78 is 5.39. The topological polar surface area (TPSA) is 15.7 Å². The van der Waals surface area contributed by atoms with Crippen molar-refractivity contribution in [2.24, 2.45) is 0 Å². The molecule has 0 atom stereocenters. The maximum Gasteiger partial charge on any atom is 0.142 e. The zero-order valence-electron chi connectivity index (χ0n) is 12.5. The lowest BCUT2D eigenvalue weighted by molar-refractivity contribution is 0.180. The Kier molecular flexibility index (Phi) is 5.03. The Morgan fingerprint density at radius 1 is 1.06 bits per heavy atom. The van der Waals surface area contributed by atoms with Crippen LogP contribution in [0.4, 0.5) is 5.69 Å². The Hall–Kier alpha value is -1.22. The van der Waals surface area contributed by atoms with Crippen molar-refractivity contribution in [2.75, 3.05) is 39.2 Å². The van der Waals surface area contributed by atoms with Crippen molar-refractivity contribution >= 4 is 5.69 Å². The SMILES string of the molecule is COc1ccccc1N(C)CCN(C)C(C)(C)C. The third-order valence-corrected chi connectivity index (χ3v) is 3.41. The summed E-state index contributed by atoms with van der Waals surface area (Å²) in [5.41, 5.74) is 1.35. The summed E-state index contributed by atoms with van der Waals surface area (Å²) in [7, 11) is 5.98. The molecule has 0 amide bonds. The minimum atomic E-state index is 0.210. The highest BCUT2D eigenvalue weighted by molar-refractivity contribution is 5.57. The van der Waals surface area contributed by atoms with Crippen LogP contribution in [0, 0.1) is 0 Å². The van der Waals surface area contributed by atoms with E-state index in [2.05, 4.69) is 50.7 Å². The van der Waals surface area contributed by atoms with Gasteiger partial charge in [-0.2, -0.15) is 0 Å². The van der Waals surface area contributed by atoms with Gasteiger partial charge in [-0.25, -0.2) is 0 Å². The van der Waals surface area contributed by atoms with E-state index >= 15 is 0 Å². The molecule has 1 rings (SSSR count). The van der Waals surface area contributed by atoms with Gasteiger partial charge in [0.1, 0.15) is 5.75 Å². The molecule has 0 N–H and O–H groups in total. The first-order valence-corrected chi connectivity index (χ1v) is 6.41. The second-order valence-corrected chi connectivity index (χ2v) is 5.69. The molecule has 1 aromatic carbocycles. The minimum Gasteiger partial charge on any atom is -0.495 e. The zero-order valence-corrected chi connectivity index (χ0v) is 12.5. The summed E-state index contributed by atoms with van der Waals surface area (Å²) in [5.74, 6) is 0.929. The van der Waals surface area contributed by atoms with E-state index in [0.29, 0.717) is 0 Å². The molecule has 0 heterocycles. The normalized spacial score (nSPS) is 11.7. The highest BCUT2D eigenvalue weighted by atomic mass is 16.5. The number of para-hydroxylation sites is 2. The van der Waals surface area contributed by atoms with Crippen LogP contribution in [-0.4, -0.2) is 44.7 Å². The van der Waals surface area contributed by atoms with Gasteiger partial charge in [0.05, 0.1) is 12.8 Å². The van der Waals surface area contributed by atoms with E-state index in [1.807, 2.05) is 18.2 Å². The van der Waals surface area contributed by atoms with Gasteiger partial charge in [-0.15, -0.1) is 0 Å². The summed E-state index contributed by atoms with van der Waals surface area (Å²) in [4.78, 5) is 4.60. The zero-order chi connectivity index (χ0) is 13.8. The molecule has 0 saturated carbocycles. The standard InChI is InChI=1S/C15H26N2O/c1-15(2,3)17(5)12-11-16(4)13-9-7-8-10-14(13)18-6/h7-10H,11-12H2,1-6H3. The lowest BCUT2D eigenvalue weighted by atomic mass is 10.1. The van der Waals surface area contributed by atoms with Gasteiger partial charge < -0.3 is 9.64 Å². The van der Waals surface area contributed by atoms with Crippen LogP contribution in [-0.2, 0) is 0 Å². The molecule has 3 nitrogen and oxygen atoms in total. The monoisotopic (exact) mass is 250 g/mol. The third kappa shape index (κ3) is 3.91. The van der Waals surface area contributed by atoms with Crippen molar-refractivity contribution in [1.82, 2.24) is 4.90 Å². The molecule has 0 radical (unpaired) electrons. The number of nitrogens with zero attached hydrogens (tertiary/aromatic N) is 2. The number of benzene rings is 1. The highest BCUT2D eigenvalue weighted by Crippen LogP contribution is 2.26. The fourth-order valence-corrected chi connectivity index (χ4v) is 1.70. The van der Waals surface area contributed by atoms with Crippen LogP contribution in [0.15, 0.2) is 24.3 Å². The summed E-state index contributed by atoms with van der Waals surface area (Å²) in [6.45, 7) is 8.70.